The molecule has 0 aromatic carbocycles. The van der Waals surface area contributed by atoms with Crippen LogP contribution in [-0.4, -0.2) is 27.3 Å². The van der Waals surface area contributed by atoms with Crippen molar-refractivity contribution in [1.82, 2.24) is 9.13 Å². The highest BCUT2D eigenvalue weighted by atomic mass is 31.2. The number of rotatable bonds is 8. The first-order chi connectivity index (χ1) is 10.8. The Kier molecular flexibility index (Phi) is 6.43. The van der Waals surface area contributed by atoms with Crippen LogP contribution >= 0.6 is 7.60 Å². The van der Waals surface area contributed by atoms with Crippen molar-refractivity contribution in [1.29, 1.82) is 0 Å². The Bertz CT molecular complexity index is 742. The first-order valence-corrected chi connectivity index (χ1v) is 8.74. The van der Waals surface area contributed by atoms with Gasteiger partial charge in [-0.15, -0.1) is 0 Å². The Morgan fingerprint density at radius 3 is 1.87 bits per heavy atom. The molecule has 0 amide bonds. The molecule has 0 spiro atoms. The molecule has 0 unspecified atom stereocenters. The predicted molar refractivity (Wildman–Crippen MR) is 83.5 cm³/mol. The van der Waals surface area contributed by atoms with Crippen LogP contribution in [0.4, 0.5) is 5.69 Å². The SMILES string of the molecule is CCOP(=O)(OCC)c1c([N+](=O)[O-])c(=O)n(CC)c(=O)n1CC. The van der Waals surface area contributed by atoms with Crippen LogP contribution < -0.4 is 16.7 Å². The highest BCUT2D eigenvalue weighted by Gasteiger charge is 2.42. The molecule has 1 rings (SSSR count). The van der Waals surface area contributed by atoms with E-state index in [9.17, 15) is 24.3 Å². The lowest BCUT2D eigenvalue weighted by Crippen LogP contribution is -2.48. The van der Waals surface area contributed by atoms with Crippen LogP contribution in [0.3, 0.4) is 0 Å². The van der Waals surface area contributed by atoms with Gasteiger partial charge in [0.2, 0.25) is 5.44 Å². The van der Waals surface area contributed by atoms with Crippen molar-refractivity contribution in [2.75, 3.05) is 13.2 Å². The molecule has 23 heavy (non-hydrogen) atoms. The molecule has 0 aliphatic heterocycles. The van der Waals surface area contributed by atoms with Crippen molar-refractivity contribution in [2.24, 2.45) is 0 Å². The first-order valence-electron chi connectivity index (χ1n) is 7.20. The molecule has 1 heterocycles. The number of hydrogen-bond donors (Lipinski definition) is 0. The van der Waals surface area contributed by atoms with E-state index in [0.717, 1.165) is 4.57 Å². The normalized spacial score (nSPS) is 11.7. The van der Waals surface area contributed by atoms with Gasteiger partial charge in [-0.1, -0.05) is 0 Å². The van der Waals surface area contributed by atoms with Gasteiger partial charge in [-0.25, -0.2) is 4.79 Å². The van der Waals surface area contributed by atoms with Crippen LogP contribution in [0.15, 0.2) is 9.59 Å². The van der Waals surface area contributed by atoms with Gasteiger partial charge in [0.05, 0.1) is 18.1 Å². The highest BCUT2D eigenvalue weighted by molar-refractivity contribution is 7.62. The summed E-state index contributed by atoms with van der Waals surface area (Å²) in [6.45, 7) is 5.90. The molecule has 0 atom stereocenters. The first kappa shape index (κ1) is 19.3. The average Bonchev–Trinajstić information content (AvgIpc) is 2.47. The zero-order chi connectivity index (χ0) is 17.8. The molecule has 0 aliphatic carbocycles. The van der Waals surface area contributed by atoms with Gasteiger partial charge in [0, 0.05) is 13.1 Å². The Balaban J connectivity index is 4.04. The van der Waals surface area contributed by atoms with E-state index in [-0.39, 0.29) is 26.3 Å². The molecule has 0 N–H and O–H groups in total. The van der Waals surface area contributed by atoms with Gasteiger partial charge in [-0.2, -0.15) is 0 Å². The molecule has 0 radical (unpaired) electrons. The van der Waals surface area contributed by atoms with Gasteiger partial charge in [0.1, 0.15) is 0 Å². The van der Waals surface area contributed by atoms with Crippen LogP contribution in [0.1, 0.15) is 27.7 Å². The molecule has 130 valence electrons. The summed E-state index contributed by atoms with van der Waals surface area (Å²) in [6.07, 6.45) is 0. The lowest BCUT2D eigenvalue weighted by Gasteiger charge is -2.20. The number of aromatic nitrogens is 2. The predicted octanol–water partition coefficient (Wildman–Crippen LogP) is 0.849. The Morgan fingerprint density at radius 2 is 1.52 bits per heavy atom. The summed E-state index contributed by atoms with van der Waals surface area (Å²) >= 11 is 0. The van der Waals surface area contributed by atoms with Crippen molar-refractivity contribution < 1.29 is 18.5 Å². The largest absolute Gasteiger partial charge is 0.385 e. The van der Waals surface area contributed by atoms with Crippen molar-refractivity contribution in [3.8, 4) is 0 Å². The monoisotopic (exact) mass is 349 g/mol. The van der Waals surface area contributed by atoms with Crippen molar-refractivity contribution in [2.45, 2.75) is 40.8 Å². The molecule has 0 saturated heterocycles. The summed E-state index contributed by atoms with van der Waals surface area (Å²) in [4.78, 5) is 35.1. The van der Waals surface area contributed by atoms with Crippen LogP contribution in [-0.2, 0) is 26.7 Å². The Labute approximate surface area is 132 Å². The molecule has 11 heteroatoms. The minimum atomic E-state index is -4.19. The summed E-state index contributed by atoms with van der Waals surface area (Å²) in [5.41, 5.74) is -3.48. The van der Waals surface area contributed by atoms with Gasteiger partial charge in [0.25, 0.3) is 0 Å². The van der Waals surface area contributed by atoms with Crippen LogP contribution in [0.5, 0.6) is 0 Å². The molecule has 0 aliphatic rings. The smallest absolute Gasteiger partial charge is 0.304 e. The molecule has 1 aromatic heterocycles. The summed E-state index contributed by atoms with van der Waals surface area (Å²) in [5, 5.41) is 11.4. The third-order valence-corrected chi connectivity index (χ3v) is 5.22. The fourth-order valence-corrected chi connectivity index (χ4v) is 4.13. The van der Waals surface area contributed by atoms with Crippen LogP contribution in [0.25, 0.3) is 0 Å². The maximum atomic E-state index is 13.0. The van der Waals surface area contributed by atoms with E-state index < -0.39 is 34.9 Å². The summed E-state index contributed by atoms with van der Waals surface area (Å²) < 4.78 is 24.8. The van der Waals surface area contributed by atoms with Gasteiger partial charge in [-0.05, 0) is 27.7 Å². The highest BCUT2D eigenvalue weighted by Crippen LogP contribution is 2.48. The summed E-state index contributed by atoms with van der Waals surface area (Å²) in [7, 11) is -4.19. The third-order valence-electron chi connectivity index (χ3n) is 3.05. The van der Waals surface area contributed by atoms with Crippen LogP contribution in [0.2, 0.25) is 0 Å². The second-order valence-electron chi connectivity index (χ2n) is 4.34. The molecule has 0 saturated carbocycles. The van der Waals surface area contributed by atoms with E-state index in [2.05, 4.69) is 0 Å². The van der Waals surface area contributed by atoms with E-state index in [1.807, 2.05) is 0 Å². The van der Waals surface area contributed by atoms with Crippen molar-refractivity contribution >= 4 is 18.7 Å². The fourth-order valence-electron chi connectivity index (χ4n) is 2.18. The minimum Gasteiger partial charge on any atom is -0.304 e. The molecule has 0 bridgehead atoms. The molecular weight excluding hydrogens is 329 g/mol. The zero-order valence-corrected chi connectivity index (χ0v) is 14.4. The second-order valence-corrected chi connectivity index (χ2v) is 6.27. The van der Waals surface area contributed by atoms with Gasteiger partial charge in [0.15, 0.2) is 0 Å². The van der Waals surface area contributed by atoms with Crippen molar-refractivity contribution in [3.05, 3.63) is 31.0 Å². The maximum Gasteiger partial charge on any atom is 0.385 e. The average molecular weight is 349 g/mol. The van der Waals surface area contributed by atoms with E-state index in [4.69, 9.17) is 9.05 Å². The number of hydrogen-bond acceptors (Lipinski definition) is 7. The molecule has 1 aromatic rings. The Hall–Kier alpha value is -1.77. The number of nitrogens with zero attached hydrogens (tertiary/aromatic N) is 3. The topological polar surface area (TPSA) is 123 Å². The summed E-state index contributed by atoms with van der Waals surface area (Å²) in [5.74, 6) is 0. The molecule has 0 fully saturated rings. The van der Waals surface area contributed by atoms with Gasteiger partial charge < -0.3 is 9.05 Å². The van der Waals surface area contributed by atoms with Crippen molar-refractivity contribution in [3.63, 3.8) is 0 Å². The van der Waals surface area contributed by atoms with E-state index >= 15 is 0 Å². The second kappa shape index (κ2) is 7.67. The molecule has 10 nitrogen and oxygen atoms in total. The van der Waals surface area contributed by atoms with E-state index in [1.165, 1.54) is 20.8 Å². The zero-order valence-electron chi connectivity index (χ0n) is 13.5. The minimum absolute atomic E-state index is 0.0283. The number of nitro groups is 1. The maximum absolute atomic E-state index is 13.0. The lowest BCUT2D eigenvalue weighted by atomic mass is 10.5. The van der Waals surface area contributed by atoms with E-state index in [0.29, 0.717) is 4.57 Å². The fraction of sp³-hybridized carbons (Fsp3) is 0.667. The standard InChI is InChI=1S/C12H20N3O7P/c1-5-13-10(16)9(15(18)19)11(14(6-2)12(13)17)23(20,21-7-3)22-8-4/h5-8H2,1-4H3. The lowest BCUT2D eigenvalue weighted by molar-refractivity contribution is -0.385. The quantitative estimate of drug-likeness (QED) is 0.387. The Morgan fingerprint density at radius 1 is 1.04 bits per heavy atom. The van der Waals surface area contributed by atoms with E-state index in [1.54, 1.807) is 6.92 Å². The molecular formula is C12H20N3O7P. The summed E-state index contributed by atoms with van der Waals surface area (Å²) in [6, 6.07) is 0. The van der Waals surface area contributed by atoms with Crippen LogP contribution in [0, 0.1) is 10.1 Å². The van der Waals surface area contributed by atoms with Gasteiger partial charge >= 0.3 is 24.5 Å². The third kappa shape index (κ3) is 3.44. The van der Waals surface area contributed by atoms with Gasteiger partial charge in [-0.3, -0.25) is 28.6 Å².